The average molecular weight is 254 g/mol. The lowest BCUT2D eigenvalue weighted by atomic mass is 10.2. The highest BCUT2D eigenvalue weighted by molar-refractivity contribution is 6.03. The molecule has 4 nitrogen and oxygen atoms in total. The number of hydrogen-bond acceptors (Lipinski definition) is 2. The first kappa shape index (κ1) is 12.5. The number of nitrogens with one attached hydrogen (secondary N) is 2. The van der Waals surface area contributed by atoms with Crippen LogP contribution in [-0.4, -0.2) is 17.9 Å². The van der Waals surface area contributed by atoms with Gasteiger partial charge in [-0.3, -0.25) is 9.59 Å². The molecule has 1 aliphatic carbocycles. The van der Waals surface area contributed by atoms with Crippen molar-refractivity contribution < 1.29 is 18.4 Å². The van der Waals surface area contributed by atoms with Crippen LogP contribution in [0.1, 0.15) is 19.3 Å². The molecular weight excluding hydrogens is 242 g/mol. The molecule has 0 radical (unpaired) electrons. The number of hydrogen-bond donors (Lipinski definition) is 2. The Morgan fingerprint density at radius 1 is 1.22 bits per heavy atom. The average Bonchev–Trinajstić information content (AvgIpc) is 3.05. The van der Waals surface area contributed by atoms with Gasteiger partial charge in [0, 0.05) is 12.1 Å². The van der Waals surface area contributed by atoms with Crippen LogP contribution in [0.4, 0.5) is 14.5 Å². The van der Waals surface area contributed by atoms with Crippen LogP contribution in [0.15, 0.2) is 18.2 Å². The van der Waals surface area contributed by atoms with Crippen molar-refractivity contribution in [2.45, 2.75) is 25.3 Å². The predicted octanol–water partition coefficient (Wildman–Crippen LogP) is 1.57. The highest BCUT2D eigenvalue weighted by atomic mass is 19.1. The molecule has 1 aromatic carbocycles. The molecule has 0 aliphatic heterocycles. The minimum absolute atomic E-state index is 0.138. The summed E-state index contributed by atoms with van der Waals surface area (Å²) in [6.45, 7) is 0. The first-order valence-electron chi connectivity index (χ1n) is 5.59. The third-order valence-electron chi connectivity index (χ3n) is 2.47. The van der Waals surface area contributed by atoms with E-state index in [4.69, 9.17) is 0 Å². The van der Waals surface area contributed by atoms with Crippen molar-refractivity contribution in [3.63, 3.8) is 0 Å². The Hall–Kier alpha value is -1.98. The number of benzene rings is 1. The van der Waals surface area contributed by atoms with Gasteiger partial charge in [0.25, 0.3) is 0 Å². The van der Waals surface area contributed by atoms with Crippen LogP contribution in [0, 0.1) is 11.6 Å². The molecule has 1 aromatic rings. The van der Waals surface area contributed by atoms with Gasteiger partial charge in [-0.25, -0.2) is 8.78 Å². The topological polar surface area (TPSA) is 58.2 Å². The summed E-state index contributed by atoms with van der Waals surface area (Å²) in [6.07, 6.45) is 1.49. The van der Waals surface area contributed by atoms with Gasteiger partial charge in [-0.05, 0) is 25.0 Å². The Labute approximate surface area is 102 Å². The van der Waals surface area contributed by atoms with Gasteiger partial charge >= 0.3 is 0 Å². The molecule has 0 heterocycles. The first-order valence-corrected chi connectivity index (χ1v) is 5.59. The number of amides is 2. The van der Waals surface area contributed by atoms with Gasteiger partial charge in [0.15, 0.2) is 0 Å². The van der Waals surface area contributed by atoms with Crippen molar-refractivity contribution >= 4 is 17.5 Å². The maximum atomic E-state index is 13.2. The Morgan fingerprint density at radius 2 is 1.94 bits per heavy atom. The van der Waals surface area contributed by atoms with E-state index in [1.165, 1.54) is 0 Å². The van der Waals surface area contributed by atoms with Gasteiger partial charge in [0.1, 0.15) is 18.1 Å². The molecule has 96 valence electrons. The number of halogens is 2. The van der Waals surface area contributed by atoms with E-state index in [1.807, 2.05) is 0 Å². The van der Waals surface area contributed by atoms with E-state index in [1.54, 1.807) is 0 Å². The number of rotatable bonds is 4. The fraction of sp³-hybridized carbons (Fsp3) is 0.333. The van der Waals surface area contributed by atoms with Crippen LogP contribution < -0.4 is 10.6 Å². The molecule has 2 rings (SSSR count). The lowest BCUT2D eigenvalue weighted by molar-refractivity contribution is -0.126. The van der Waals surface area contributed by atoms with Crippen molar-refractivity contribution in [2.75, 3.05) is 5.32 Å². The highest BCUT2D eigenvalue weighted by Crippen LogP contribution is 2.19. The van der Waals surface area contributed by atoms with E-state index in [2.05, 4.69) is 10.6 Å². The van der Waals surface area contributed by atoms with Gasteiger partial charge in [0.2, 0.25) is 11.8 Å². The Morgan fingerprint density at radius 3 is 2.56 bits per heavy atom. The quantitative estimate of drug-likeness (QED) is 0.801. The van der Waals surface area contributed by atoms with Gasteiger partial charge in [-0.15, -0.1) is 0 Å². The summed E-state index contributed by atoms with van der Waals surface area (Å²) in [4.78, 5) is 22.7. The van der Waals surface area contributed by atoms with Gasteiger partial charge < -0.3 is 10.6 Å². The van der Waals surface area contributed by atoms with E-state index in [9.17, 15) is 18.4 Å². The Kier molecular flexibility index (Phi) is 3.55. The molecule has 0 unspecified atom stereocenters. The Balaban J connectivity index is 1.87. The van der Waals surface area contributed by atoms with Crippen molar-refractivity contribution in [1.82, 2.24) is 5.32 Å². The Bertz CT molecular complexity index is 487. The molecule has 0 spiro atoms. The fourth-order valence-corrected chi connectivity index (χ4v) is 1.44. The summed E-state index contributed by atoms with van der Waals surface area (Å²) >= 11 is 0. The van der Waals surface area contributed by atoms with Crippen molar-refractivity contribution in [3.8, 4) is 0 Å². The molecular formula is C12H12F2N2O2. The normalized spacial score (nSPS) is 14.1. The summed E-state index contributed by atoms with van der Waals surface area (Å²) < 4.78 is 25.8. The van der Waals surface area contributed by atoms with E-state index >= 15 is 0 Å². The number of carbonyl (C=O) groups excluding carboxylic acids is 2. The standard InChI is InChI=1S/C12H12F2N2O2/c13-7-1-4-10(9(14)5-7)16-12(18)6-11(17)15-8-2-3-8/h1,4-5,8H,2-3,6H2,(H,15,17)(H,16,18). The maximum Gasteiger partial charge on any atom is 0.233 e. The predicted molar refractivity (Wildman–Crippen MR) is 60.8 cm³/mol. The van der Waals surface area contributed by atoms with Crippen LogP contribution >= 0.6 is 0 Å². The van der Waals surface area contributed by atoms with Crippen LogP contribution in [0.5, 0.6) is 0 Å². The number of carbonyl (C=O) groups is 2. The van der Waals surface area contributed by atoms with Gasteiger partial charge in [-0.1, -0.05) is 0 Å². The SMILES string of the molecule is O=C(CC(=O)NC1CC1)Nc1ccc(F)cc1F. The van der Waals surface area contributed by atoms with E-state index in [0.717, 1.165) is 25.0 Å². The summed E-state index contributed by atoms with van der Waals surface area (Å²) in [5, 5.41) is 4.86. The van der Waals surface area contributed by atoms with E-state index in [0.29, 0.717) is 6.07 Å². The summed E-state index contributed by atoms with van der Waals surface area (Å²) in [5.41, 5.74) is -0.138. The van der Waals surface area contributed by atoms with Crippen molar-refractivity contribution in [3.05, 3.63) is 29.8 Å². The van der Waals surface area contributed by atoms with Crippen LogP contribution in [0.2, 0.25) is 0 Å². The van der Waals surface area contributed by atoms with Crippen molar-refractivity contribution in [2.24, 2.45) is 0 Å². The molecule has 18 heavy (non-hydrogen) atoms. The van der Waals surface area contributed by atoms with Crippen LogP contribution in [0.3, 0.4) is 0 Å². The van der Waals surface area contributed by atoms with E-state index in [-0.39, 0.29) is 18.2 Å². The molecule has 1 saturated carbocycles. The summed E-state index contributed by atoms with van der Waals surface area (Å²) in [6, 6.07) is 2.98. The van der Waals surface area contributed by atoms with Gasteiger partial charge in [-0.2, -0.15) is 0 Å². The maximum absolute atomic E-state index is 13.2. The van der Waals surface area contributed by atoms with Gasteiger partial charge in [0.05, 0.1) is 5.69 Å². The van der Waals surface area contributed by atoms with Crippen LogP contribution in [0.25, 0.3) is 0 Å². The zero-order chi connectivity index (χ0) is 13.1. The molecule has 0 bridgehead atoms. The molecule has 0 saturated heterocycles. The third kappa shape index (κ3) is 3.51. The molecule has 6 heteroatoms. The zero-order valence-electron chi connectivity index (χ0n) is 9.50. The smallest absolute Gasteiger partial charge is 0.233 e. The second-order valence-corrected chi connectivity index (χ2v) is 4.19. The molecule has 1 fully saturated rings. The second-order valence-electron chi connectivity index (χ2n) is 4.19. The summed E-state index contributed by atoms with van der Waals surface area (Å²) in [5.74, 6) is -2.61. The fourth-order valence-electron chi connectivity index (χ4n) is 1.44. The monoisotopic (exact) mass is 254 g/mol. The summed E-state index contributed by atoms with van der Waals surface area (Å²) in [7, 11) is 0. The largest absolute Gasteiger partial charge is 0.353 e. The lowest BCUT2D eigenvalue weighted by Crippen LogP contribution is -2.29. The van der Waals surface area contributed by atoms with Crippen molar-refractivity contribution in [1.29, 1.82) is 0 Å². The minimum atomic E-state index is -0.869. The minimum Gasteiger partial charge on any atom is -0.353 e. The van der Waals surface area contributed by atoms with Crippen LogP contribution in [-0.2, 0) is 9.59 Å². The number of anilines is 1. The third-order valence-corrected chi connectivity index (χ3v) is 2.47. The zero-order valence-corrected chi connectivity index (χ0v) is 9.50. The first-order chi connectivity index (χ1) is 8.54. The molecule has 1 aliphatic rings. The second kappa shape index (κ2) is 5.12. The molecule has 0 aromatic heterocycles. The molecule has 2 N–H and O–H groups in total. The molecule has 0 atom stereocenters. The lowest BCUT2D eigenvalue weighted by Gasteiger charge is -2.06. The van der Waals surface area contributed by atoms with E-state index < -0.39 is 23.4 Å². The highest BCUT2D eigenvalue weighted by Gasteiger charge is 2.24. The molecule has 2 amide bonds.